The highest BCUT2D eigenvalue weighted by atomic mass is 16.5. The van der Waals surface area contributed by atoms with E-state index in [2.05, 4.69) is 10.1 Å². The van der Waals surface area contributed by atoms with Crippen molar-refractivity contribution < 1.29 is 13.7 Å². The molecule has 0 aliphatic carbocycles. The molecule has 0 unspecified atom stereocenters. The second-order valence-corrected chi connectivity index (χ2v) is 5.59. The average Bonchev–Trinajstić information content (AvgIpc) is 3.21. The van der Waals surface area contributed by atoms with Gasteiger partial charge in [0.1, 0.15) is 12.3 Å². The van der Waals surface area contributed by atoms with Gasteiger partial charge in [0.05, 0.1) is 11.8 Å². The Hall–Kier alpha value is -2.89. The van der Waals surface area contributed by atoms with Gasteiger partial charge in [0.2, 0.25) is 11.7 Å². The summed E-state index contributed by atoms with van der Waals surface area (Å²) in [7, 11) is 0. The molecule has 2 heterocycles. The van der Waals surface area contributed by atoms with E-state index in [-0.39, 0.29) is 12.5 Å². The zero-order chi connectivity index (χ0) is 17.1. The van der Waals surface area contributed by atoms with Crippen LogP contribution in [0, 0.1) is 13.8 Å². The van der Waals surface area contributed by atoms with Gasteiger partial charge in [-0.25, -0.2) is 0 Å². The quantitative estimate of drug-likeness (QED) is 0.716. The molecule has 0 bridgehead atoms. The van der Waals surface area contributed by atoms with Crippen molar-refractivity contribution in [2.45, 2.75) is 27.3 Å². The van der Waals surface area contributed by atoms with Crippen LogP contribution < -0.4 is 0 Å². The monoisotopic (exact) mass is 325 g/mol. The summed E-state index contributed by atoms with van der Waals surface area (Å²) in [6.07, 6.45) is 1.51. The minimum atomic E-state index is -0.112. The van der Waals surface area contributed by atoms with Gasteiger partial charge in [-0.2, -0.15) is 4.98 Å². The first kappa shape index (κ1) is 16.0. The lowest BCUT2D eigenvalue weighted by Crippen LogP contribution is -2.30. The fourth-order valence-corrected chi connectivity index (χ4v) is 2.49. The van der Waals surface area contributed by atoms with Crippen LogP contribution >= 0.6 is 0 Å². The van der Waals surface area contributed by atoms with E-state index in [0.717, 1.165) is 11.1 Å². The van der Waals surface area contributed by atoms with Gasteiger partial charge in [-0.1, -0.05) is 28.9 Å². The van der Waals surface area contributed by atoms with E-state index in [1.165, 1.54) is 6.26 Å². The second kappa shape index (κ2) is 6.70. The molecular formula is C18H19N3O3. The summed E-state index contributed by atoms with van der Waals surface area (Å²) < 4.78 is 10.5. The first-order valence-electron chi connectivity index (χ1n) is 7.81. The molecule has 0 spiro atoms. The van der Waals surface area contributed by atoms with E-state index in [4.69, 9.17) is 8.94 Å². The lowest BCUT2D eigenvalue weighted by atomic mass is 10.1. The molecule has 0 aliphatic heterocycles. The Morgan fingerprint density at radius 1 is 1.25 bits per heavy atom. The lowest BCUT2D eigenvalue weighted by molar-refractivity contribution is 0.0732. The molecule has 0 atom stereocenters. The summed E-state index contributed by atoms with van der Waals surface area (Å²) in [5.41, 5.74) is 2.57. The molecule has 2 aromatic heterocycles. The van der Waals surface area contributed by atoms with Crippen molar-refractivity contribution in [3.05, 3.63) is 59.4 Å². The molecule has 0 saturated heterocycles. The summed E-state index contributed by atoms with van der Waals surface area (Å²) >= 11 is 0. The van der Waals surface area contributed by atoms with Crippen molar-refractivity contribution in [3.8, 4) is 11.4 Å². The maximum atomic E-state index is 12.6. The Morgan fingerprint density at radius 2 is 2.08 bits per heavy atom. The first-order valence-corrected chi connectivity index (χ1v) is 7.81. The van der Waals surface area contributed by atoms with E-state index in [0.29, 0.717) is 29.6 Å². The van der Waals surface area contributed by atoms with Crippen LogP contribution in [0.25, 0.3) is 11.4 Å². The van der Waals surface area contributed by atoms with Gasteiger partial charge in [0.15, 0.2) is 0 Å². The SMILES string of the molecule is CCN(Cc1nc(-c2cccc(C)c2)no1)C(=O)c1ccoc1C. The minimum absolute atomic E-state index is 0.112. The molecule has 3 aromatic rings. The predicted molar refractivity (Wildman–Crippen MR) is 88.3 cm³/mol. The smallest absolute Gasteiger partial charge is 0.257 e. The molecule has 0 aliphatic rings. The topological polar surface area (TPSA) is 72.4 Å². The molecule has 0 saturated carbocycles. The van der Waals surface area contributed by atoms with Crippen molar-refractivity contribution in [1.29, 1.82) is 0 Å². The number of furan rings is 1. The van der Waals surface area contributed by atoms with Gasteiger partial charge in [-0.3, -0.25) is 4.79 Å². The fourth-order valence-electron chi connectivity index (χ4n) is 2.49. The first-order chi connectivity index (χ1) is 11.6. The van der Waals surface area contributed by atoms with Crippen LogP contribution in [-0.4, -0.2) is 27.5 Å². The molecule has 6 heteroatoms. The summed E-state index contributed by atoms with van der Waals surface area (Å²) in [6.45, 7) is 6.48. The number of carbonyl (C=O) groups excluding carboxylic acids is 1. The number of aryl methyl sites for hydroxylation is 2. The van der Waals surface area contributed by atoms with Gasteiger partial charge in [0.25, 0.3) is 5.91 Å². The van der Waals surface area contributed by atoms with Crippen LogP contribution in [0.5, 0.6) is 0 Å². The van der Waals surface area contributed by atoms with Crippen molar-refractivity contribution >= 4 is 5.91 Å². The van der Waals surface area contributed by atoms with Crippen molar-refractivity contribution in [2.24, 2.45) is 0 Å². The van der Waals surface area contributed by atoms with Gasteiger partial charge in [-0.15, -0.1) is 0 Å². The predicted octanol–water partition coefficient (Wildman–Crippen LogP) is 3.61. The van der Waals surface area contributed by atoms with Crippen LogP contribution in [-0.2, 0) is 6.54 Å². The molecule has 0 radical (unpaired) electrons. The molecule has 6 nitrogen and oxygen atoms in total. The van der Waals surface area contributed by atoms with Gasteiger partial charge in [0, 0.05) is 12.1 Å². The summed E-state index contributed by atoms with van der Waals surface area (Å²) in [5.74, 6) is 1.42. The Balaban J connectivity index is 1.78. The number of nitrogens with zero attached hydrogens (tertiary/aromatic N) is 3. The zero-order valence-electron chi connectivity index (χ0n) is 13.9. The van der Waals surface area contributed by atoms with E-state index in [1.54, 1.807) is 17.9 Å². The summed E-state index contributed by atoms with van der Waals surface area (Å²) in [6, 6.07) is 9.55. The third-order valence-electron chi connectivity index (χ3n) is 3.83. The number of hydrogen-bond acceptors (Lipinski definition) is 5. The maximum absolute atomic E-state index is 12.6. The molecule has 3 rings (SSSR count). The number of carbonyl (C=O) groups is 1. The van der Waals surface area contributed by atoms with Gasteiger partial charge < -0.3 is 13.8 Å². The van der Waals surface area contributed by atoms with Gasteiger partial charge in [-0.05, 0) is 32.9 Å². The highest BCUT2D eigenvalue weighted by molar-refractivity contribution is 5.95. The molecule has 124 valence electrons. The van der Waals surface area contributed by atoms with Gasteiger partial charge >= 0.3 is 0 Å². The third-order valence-corrected chi connectivity index (χ3v) is 3.83. The number of amides is 1. The Kier molecular flexibility index (Phi) is 4.46. The van der Waals surface area contributed by atoms with Crippen molar-refractivity contribution in [1.82, 2.24) is 15.0 Å². The Labute approximate surface area is 140 Å². The molecule has 0 N–H and O–H groups in total. The largest absolute Gasteiger partial charge is 0.469 e. The average molecular weight is 325 g/mol. The van der Waals surface area contributed by atoms with E-state index >= 15 is 0 Å². The fraction of sp³-hybridized carbons (Fsp3) is 0.278. The molecule has 0 fully saturated rings. The number of hydrogen-bond donors (Lipinski definition) is 0. The summed E-state index contributed by atoms with van der Waals surface area (Å²) in [5, 5.41) is 4.01. The minimum Gasteiger partial charge on any atom is -0.469 e. The zero-order valence-corrected chi connectivity index (χ0v) is 13.9. The molecule has 24 heavy (non-hydrogen) atoms. The molecular weight excluding hydrogens is 306 g/mol. The molecule has 1 amide bonds. The Bertz CT molecular complexity index is 851. The van der Waals surface area contributed by atoms with Crippen LogP contribution in [0.15, 0.2) is 45.5 Å². The molecule has 1 aromatic carbocycles. The van der Waals surface area contributed by atoms with E-state index in [9.17, 15) is 4.79 Å². The maximum Gasteiger partial charge on any atom is 0.257 e. The third kappa shape index (κ3) is 3.22. The number of rotatable bonds is 5. The number of benzene rings is 1. The second-order valence-electron chi connectivity index (χ2n) is 5.59. The van der Waals surface area contributed by atoms with Crippen LogP contribution in [0.4, 0.5) is 0 Å². The van der Waals surface area contributed by atoms with E-state index in [1.807, 2.05) is 38.1 Å². The standard InChI is InChI=1S/C18H19N3O3/c1-4-21(18(22)15-8-9-23-13(15)3)11-16-19-17(20-24-16)14-7-5-6-12(2)10-14/h5-10H,4,11H2,1-3H3. The highest BCUT2D eigenvalue weighted by Gasteiger charge is 2.21. The van der Waals surface area contributed by atoms with Crippen molar-refractivity contribution in [2.75, 3.05) is 6.54 Å². The summed E-state index contributed by atoms with van der Waals surface area (Å²) in [4.78, 5) is 18.6. The normalized spacial score (nSPS) is 10.8. The lowest BCUT2D eigenvalue weighted by Gasteiger charge is -2.18. The van der Waals surface area contributed by atoms with Crippen LogP contribution in [0.1, 0.15) is 34.5 Å². The van der Waals surface area contributed by atoms with E-state index < -0.39 is 0 Å². The van der Waals surface area contributed by atoms with Crippen LogP contribution in [0.3, 0.4) is 0 Å². The highest BCUT2D eigenvalue weighted by Crippen LogP contribution is 2.18. The number of aromatic nitrogens is 2. The van der Waals surface area contributed by atoms with Crippen molar-refractivity contribution in [3.63, 3.8) is 0 Å². The Morgan fingerprint density at radius 3 is 2.75 bits per heavy atom. The van der Waals surface area contributed by atoms with Crippen LogP contribution in [0.2, 0.25) is 0 Å².